The average molecular weight is 421 g/mol. The first-order chi connectivity index (χ1) is 13.3. The molecule has 0 saturated carbocycles. The predicted octanol–water partition coefficient (Wildman–Crippen LogP) is 3.45. The van der Waals surface area contributed by atoms with Crippen LogP contribution in [-0.2, 0) is 21.4 Å². The maximum Gasteiger partial charge on any atom is 0.250 e. The quantitative estimate of drug-likeness (QED) is 0.584. The molecule has 7 nitrogen and oxygen atoms in total. The van der Waals surface area contributed by atoms with Crippen molar-refractivity contribution in [3.63, 3.8) is 0 Å². The first kappa shape index (κ1) is 20.5. The van der Waals surface area contributed by atoms with Crippen LogP contribution in [0.5, 0.6) is 0 Å². The Morgan fingerprint density at radius 3 is 2.61 bits per heavy atom. The lowest BCUT2D eigenvalue weighted by atomic mass is 10.1. The van der Waals surface area contributed by atoms with Gasteiger partial charge in [-0.15, -0.1) is 11.3 Å². The minimum absolute atomic E-state index is 0.184. The van der Waals surface area contributed by atoms with Crippen LogP contribution in [0.4, 0.5) is 5.95 Å². The third kappa shape index (κ3) is 4.26. The topological polar surface area (TPSA) is 93.1 Å². The van der Waals surface area contributed by atoms with Gasteiger partial charge in [-0.05, 0) is 35.9 Å². The second-order valence-electron chi connectivity index (χ2n) is 6.84. The van der Waals surface area contributed by atoms with E-state index in [0.29, 0.717) is 12.5 Å². The zero-order valence-corrected chi connectivity index (χ0v) is 17.7. The molecule has 150 valence electrons. The molecule has 1 amide bonds. The molecule has 28 heavy (non-hydrogen) atoms. The van der Waals surface area contributed by atoms with E-state index in [-0.39, 0.29) is 10.1 Å². The van der Waals surface area contributed by atoms with Crippen LogP contribution in [0.3, 0.4) is 0 Å². The van der Waals surface area contributed by atoms with Crippen molar-refractivity contribution in [3.8, 4) is 0 Å². The molecule has 0 aliphatic heterocycles. The summed E-state index contributed by atoms with van der Waals surface area (Å²) in [5.74, 6) is -0.240. The summed E-state index contributed by atoms with van der Waals surface area (Å²) in [6.07, 6.45) is 0.877. The van der Waals surface area contributed by atoms with Gasteiger partial charge in [0.1, 0.15) is 10.3 Å². The highest BCUT2D eigenvalue weighted by molar-refractivity contribution is 7.91. The number of anilines is 1. The number of benzene rings is 1. The Morgan fingerprint density at radius 1 is 1.21 bits per heavy atom. The average Bonchev–Trinajstić information content (AvgIpc) is 3.29. The van der Waals surface area contributed by atoms with Gasteiger partial charge in [0.15, 0.2) is 0 Å². The second-order valence-corrected chi connectivity index (χ2v) is 9.73. The Kier molecular flexibility index (Phi) is 6.17. The molecule has 2 N–H and O–H groups in total. The van der Waals surface area contributed by atoms with Crippen molar-refractivity contribution in [2.75, 3.05) is 5.32 Å². The van der Waals surface area contributed by atoms with Gasteiger partial charge in [-0.1, -0.05) is 39.0 Å². The first-order valence-corrected chi connectivity index (χ1v) is 11.5. The SMILES string of the molecule is CCCn1c(NC(=O)C(NS(=O)(=O)c2cccs2)C(C)C)nc2ccccc21. The number of sulfonamides is 1. The van der Waals surface area contributed by atoms with Gasteiger partial charge in [0.25, 0.3) is 10.0 Å². The van der Waals surface area contributed by atoms with Crippen molar-refractivity contribution in [1.82, 2.24) is 14.3 Å². The number of nitrogens with zero attached hydrogens (tertiary/aromatic N) is 2. The molecule has 1 unspecified atom stereocenters. The standard InChI is InChI=1S/C19H24N4O3S2/c1-4-11-23-15-9-6-5-8-14(15)20-19(23)21-18(24)17(13(2)3)22-28(25,26)16-10-7-12-27-16/h5-10,12-13,17,22H,4,11H2,1-3H3,(H,20,21,24). The van der Waals surface area contributed by atoms with E-state index in [1.54, 1.807) is 25.3 Å². The lowest BCUT2D eigenvalue weighted by Crippen LogP contribution is -2.47. The number of para-hydroxylation sites is 2. The number of aryl methyl sites for hydroxylation is 1. The molecule has 3 rings (SSSR count). The number of hydrogen-bond acceptors (Lipinski definition) is 5. The molecule has 0 bridgehead atoms. The van der Waals surface area contributed by atoms with Crippen molar-refractivity contribution in [1.29, 1.82) is 0 Å². The third-order valence-corrected chi connectivity index (χ3v) is 7.17. The number of carbonyl (C=O) groups is 1. The highest BCUT2D eigenvalue weighted by Crippen LogP contribution is 2.21. The molecular weight excluding hydrogens is 396 g/mol. The minimum Gasteiger partial charge on any atom is -0.310 e. The van der Waals surface area contributed by atoms with E-state index in [4.69, 9.17) is 0 Å². The Morgan fingerprint density at radius 2 is 1.96 bits per heavy atom. The van der Waals surface area contributed by atoms with Crippen LogP contribution in [0.15, 0.2) is 46.0 Å². The van der Waals surface area contributed by atoms with E-state index in [1.807, 2.05) is 35.8 Å². The van der Waals surface area contributed by atoms with Crippen LogP contribution in [-0.4, -0.2) is 29.9 Å². The Hall–Kier alpha value is -2.23. The molecule has 1 aromatic carbocycles. The van der Waals surface area contributed by atoms with Crippen molar-refractivity contribution >= 4 is 44.2 Å². The molecule has 0 fully saturated rings. The van der Waals surface area contributed by atoms with E-state index in [0.717, 1.165) is 28.8 Å². The molecule has 0 spiro atoms. The number of aromatic nitrogens is 2. The maximum atomic E-state index is 12.9. The molecular formula is C19H24N4O3S2. The molecule has 2 aromatic heterocycles. The molecule has 0 aliphatic carbocycles. The summed E-state index contributed by atoms with van der Waals surface area (Å²) in [6.45, 7) is 6.35. The van der Waals surface area contributed by atoms with E-state index in [1.165, 1.54) is 6.07 Å². The fourth-order valence-corrected chi connectivity index (χ4v) is 5.30. The van der Waals surface area contributed by atoms with Crippen molar-refractivity contribution < 1.29 is 13.2 Å². The van der Waals surface area contributed by atoms with Crippen molar-refractivity contribution in [2.24, 2.45) is 5.92 Å². The van der Waals surface area contributed by atoms with Crippen molar-refractivity contribution in [2.45, 2.75) is 44.0 Å². The van der Waals surface area contributed by atoms with Crippen LogP contribution in [0.2, 0.25) is 0 Å². The summed E-state index contributed by atoms with van der Waals surface area (Å²) in [7, 11) is -3.76. The maximum absolute atomic E-state index is 12.9. The van der Waals surface area contributed by atoms with Gasteiger partial charge in [-0.2, -0.15) is 4.72 Å². The van der Waals surface area contributed by atoms with Crippen LogP contribution in [0.1, 0.15) is 27.2 Å². The summed E-state index contributed by atoms with van der Waals surface area (Å²) in [5.41, 5.74) is 1.71. The number of carbonyl (C=O) groups excluding carboxylic acids is 1. The lowest BCUT2D eigenvalue weighted by Gasteiger charge is -2.21. The zero-order valence-electron chi connectivity index (χ0n) is 16.0. The van der Waals surface area contributed by atoms with Gasteiger partial charge < -0.3 is 4.57 Å². The highest BCUT2D eigenvalue weighted by atomic mass is 32.2. The highest BCUT2D eigenvalue weighted by Gasteiger charge is 2.30. The number of nitrogens with one attached hydrogen (secondary N) is 2. The molecule has 9 heteroatoms. The smallest absolute Gasteiger partial charge is 0.250 e. The Labute approximate surface area is 168 Å². The summed E-state index contributed by atoms with van der Waals surface area (Å²) in [5, 5.41) is 4.51. The number of thiophene rings is 1. The van der Waals surface area contributed by atoms with E-state index >= 15 is 0 Å². The number of fused-ring (bicyclic) bond motifs is 1. The Bertz CT molecular complexity index is 1060. The number of hydrogen-bond donors (Lipinski definition) is 2. The molecule has 2 heterocycles. The van der Waals surface area contributed by atoms with Gasteiger partial charge in [-0.3, -0.25) is 10.1 Å². The van der Waals surface area contributed by atoms with Gasteiger partial charge in [-0.25, -0.2) is 13.4 Å². The fourth-order valence-electron chi connectivity index (χ4n) is 2.94. The largest absolute Gasteiger partial charge is 0.310 e. The van der Waals surface area contributed by atoms with Crippen LogP contribution in [0, 0.1) is 5.92 Å². The van der Waals surface area contributed by atoms with Crippen LogP contribution < -0.4 is 10.0 Å². The summed E-state index contributed by atoms with van der Waals surface area (Å²) >= 11 is 1.11. The normalized spacial score (nSPS) is 13.1. The van der Waals surface area contributed by atoms with E-state index in [9.17, 15) is 13.2 Å². The van der Waals surface area contributed by atoms with Gasteiger partial charge in [0.2, 0.25) is 11.9 Å². The van der Waals surface area contributed by atoms with Gasteiger partial charge in [0, 0.05) is 6.54 Å². The molecule has 3 aromatic rings. The number of amides is 1. The first-order valence-electron chi connectivity index (χ1n) is 9.15. The van der Waals surface area contributed by atoms with Gasteiger partial charge in [0.05, 0.1) is 11.0 Å². The predicted molar refractivity (Wildman–Crippen MR) is 112 cm³/mol. The number of rotatable bonds is 8. The van der Waals surface area contributed by atoms with E-state index < -0.39 is 22.0 Å². The van der Waals surface area contributed by atoms with Crippen LogP contribution >= 0.6 is 11.3 Å². The van der Waals surface area contributed by atoms with Crippen molar-refractivity contribution in [3.05, 3.63) is 41.8 Å². The van der Waals surface area contributed by atoms with E-state index in [2.05, 4.69) is 15.0 Å². The minimum atomic E-state index is -3.76. The zero-order chi connectivity index (χ0) is 20.3. The molecule has 0 aliphatic rings. The van der Waals surface area contributed by atoms with Crippen LogP contribution in [0.25, 0.3) is 11.0 Å². The summed E-state index contributed by atoms with van der Waals surface area (Å²) in [4.78, 5) is 17.5. The fraction of sp³-hybridized carbons (Fsp3) is 0.368. The molecule has 0 saturated heterocycles. The Balaban J connectivity index is 1.87. The molecule has 1 atom stereocenters. The lowest BCUT2D eigenvalue weighted by molar-refractivity contribution is -0.118. The van der Waals surface area contributed by atoms with Gasteiger partial charge >= 0.3 is 0 Å². The summed E-state index contributed by atoms with van der Waals surface area (Å²) < 4.78 is 29.8. The molecule has 0 radical (unpaired) electrons. The monoisotopic (exact) mass is 420 g/mol. The second kappa shape index (κ2) is 8.42. The summed E-state index contributed by atoms with van der Waals surface area (Å²) in [6, 6.07) is 9.92. The third-order valence-electron chi connectivity index (χ3n) is 4.33. The number of imidazole rings is 1.